The van der Waals surface area contributed by atoms with Crippen LogP contribution < -0.4 is 0 Å². The highest BCUT2D eigenvalue weighted by Crippen LogP contribution is 2.75. The van der Waals surface area contributed by atoms with Gasteiger partial charge in [-0.05, 0) is 104 Å². The molecule has 0 radical (unpaired) electrons. The van der Waals surface area contributed by atoms with Gasteiger partial charge < -0.3 is 59.4 Å². The third-order valence-corrected chi connectivity index (χ3v) is 17.3. The summed E-state index contributed by atoms with van der Waals surface area (Å²) in [5, 5.41) is 73.7. The van der Waals surface area contributed by atoms with Gasteiger partial charge >= 0.3 is 11.9 Å². The van der Waals surface area contributed by atoms with E-state index < -0.39 is 90.8 Å². The number of fused-ring (bicyclic) bond motifs is 7. The monoisotopic (exact) mass is 834 g/mol. The van der Waals surface area contributed by atoms with E-state index in [1.54, 1.807) is 0 Å². The second-order valence-corrected chi connectivity index (χ2v) is 20.5. The molecule has 0 bridgehead atoms. The zero-order valence-corrected chi connectivity index (χ0v) is 35.8. The molecule has 334 valence electrons. The Bertz CT molecular complexity index is 1630. The van der Waals surface area contributed by atoms with Crippen molar-refractivity contribution in [1.29, 1.82) is 0 Å². The van der Waals surface area contributed by atoms with Crippen LogP contribution in [0.4, 0.5) is 0 Å². The van der Waals surface area contributed by atoms with Crippen molar-refractivity contribution >= 4 is 11.9 Å². The average Bonchev–Trinajstić information content (AvgIpc) is 3.19. The molecule has 2 aliphatic heterocycles. The SMILES string of the molecule is C=C1CC[C@]2(C(=O)O[C@@H]3O[C@H](CO)[C@@H](O)[C@H](O)[C@H]3O)CC[C@]3(C)C(=CC[C@@H]4[C@@]5(C)CC[C@H](O[C@@H]6O[C@H](C(=O)OCCCC)[C@@H](O)[C@H](O)[C@H]6O)C(C)(C)[C@@H]5CC[C@]43C)[C@@H]2C1. The highest BCUT2D eigenvalue weighted by molar-refractivity contribution is 5.79. The normalized spacial score (nSPS) is 49.3. The van der Waals surface area contributed by atoms with Crippen molar-refractivity contribution in [2.45, 2.75) is 186 Å². The molecule has 0 aromatic carbocycles. The quantitative estimate of drug-likeness (QED) is 0.0768. The minimum absolute atomic E-state index is 0.0957. The predicted molar refractivity (Wildman–Crippen MR) is 212 cm³/mol. The Labute approximate surface area is 348 Å². The van der Waals surface area contributed by atoms with E-state index in [0.29, 0.717) is 44.4 Å². The zero-order valence-electron chi connectivity index (χ0n) is 35.8. The molecule has 4 saturated carbocycles. The molecule has 18 atom stereocenters. The summed E-state index contributed by atoms with van der Waals surface area (Å²) in [6.07, 6.45) is -4.48. The molecular formula is C45H70O14. The van der Waals surface area contributed by atoms with Crippen molar-refractivity contribution in [2.75, 3.05) is 13.2 Å². The van der Waals surface area contributed by atoms with Crippen molar-refractivity contribution in [2.24, 2.45) is 44.8 Å². The molecule has 7 N–H and O–H groups in total. The Kier molecular flexibility index (Phi) is 12.4. The van der Waals surface area contributed by atoms with Crippen molar-refractivity contribution in [1.82, 2.24) is 0 Å². The Hall–Kier alpha value is -1.98. The fraction of sp³-hybridized carbons (Fsp3) is 0.867. The molecule has 0 unspecified atom stereocenters. The smallest absolute Gasteiger partial charge is 0.338 e. The first-order valence-electron chi connectivity index (χ1n) is 22.1. The summed E-state index contributed by atoms with van der Waals surface area (Å²) in [5.74, 6) is -0.943. The van der Waals surface area contributed by atoms with Crippen LogP contribution in [0.5, 0.6) is 0 Å². The van der Waals surface area contributed by atoms with E-state index in [1.807, 2.05) is 6.92 Å². The van der Waals surface area contributed by atoms with E-state index in [9.17, 15) is 45.3 Å². The number of hydrogen-bond acceptors (Lipinski definition) is 14. The van der Waals surface area contributed by atoms with Crippen molar-refractivity contribution in [3.63, 3.8) is 0 Å². The maximum absolute atomic E-state index is 14.5. The van der Waals surface area contributed by atoms with Crippen LogP contribution >= 0.6 is 0 Å². The van der Waals surface area contributed by atoms with Gasteiger partial charge in [-0.3, -0.25) is 4.79 Å². The van der Waals surface area contributed by atoms with Gasteiger partial charge in [-0.15, -0.1) is 0 Å². The standard InChI is InChI=1S/C45H70O14/c1-8-9-20-55-37(53)36-33(50)32(49)35(52)39(58-36)57-29-14-15-42(5)27(41(29,3)4)13-16-44(7)28(42)11-10-24-25-21-23(2)12-17-45(25,19-18-43(24,44)6)40(54)59-38-34(51)31(48)30(47)26(22-46)56-38/h10,25-36,38-39,46-52H,2,8-9,11-22H2,1,3-7H3/t25-,26+,27-,28+,29-,30+,31-,32-,33-,34+,35+,36-,38-,39+,42-,43+,44+,45-/m0/s1. The summed E-state index contributed by atoms with van der Waals surface area (Å²) in [6.45, 7) is 17.5. The lowest BCUT2D eigenvalue weighted by Crippen LogP contribution is -2.66. The maximum atomic E-state index is 14.5. The van der Waals surface area contributed by atoms with Crippen LogP contribution in [0.1, 0.15) is 119 Å². The van der Waals surface area contributed by atoms with Gasteiger partial charge in [0.2, 0.25) is 6.29 Å². The number of carbonyl (C=O) groups excluding carboxylic acids is 2. The first kappa shape index (κ1) is 45.1. The van der Waals surface area contributed by atoms with Crippen LogP contribution in [-0.2, 0) is 33.3 Å². The van der Waals surface area contributed by atoms with Gasteiger partial charge in [0.1, 0.15) is 42.7 Å². The van der Waals surface area contributed by atoms with Gasteiger partial charge in [-0.25, -0.2) is 4.79 Å². The Balaban J connectivity index is 1.11. The molecular weight excluding hydrogens is 764 g/mol. The predicted octanol–water partition coefficient (Wildman–Crippen LogP) is 3.20. The first-order valence-corrected chi connectivity index (χ1v) is 22.1. The van der Waals surface area contributed by atoms with E-state index in [1.165, 1.54) is 5.57 Å². The molecule has 6 fully saturated rings. The van der Waals surface area contributed by atoms with Crippen molar-refractivity contribution in [3.8, 4) is 0 Å². The molecule has 7 aliphatic rings. The zero-order chi connectivity index (χ0) is 43.0. The largest absolute Gasteiger partial charge is 0.464 e. The van der Waals surface area contributed by atoms with E-state index >= 15 is 0 Å². The minimum Gasteiger partial charge on any atom is -0.464 e. The molecule has 0 aromatic heterocycles. The molecule has 59 heavy (non-hydrogen) atoms. The summed E-state index contributed by atoms with van der Waals surface area (Å²) in [4.78, 5) is 27.4. The molecule has 14 heteroatoms. The maximum Gasteiger partial charge on any atom is 0.338 e. The third-order valence-electron chi connectivity index (χ3n) is 17.3. The van der Waals surface area contributed by atoms with Crippen LogP contribution in [0.3, 0.4) is 0 Å². The molecule has 2 heterocycles. The number of hydrogen-bond donors (Lipinski definition) is 7. The summed E-state index contributed by atoms with van der Waals surface area (Å²) >= 11 is 0. The number of unbranched alkanes of at least 4 members (excludes halogenated alkanes) is 1. The van der Waals surface area contributed by atoms with Gasteiger partial charge in [0.15, 0.2) is 12.4 Å². The summed E-state index contributed by atoms with van der Waals surface area (Å²) in [5.41, 5.74) is 0.598. The third kappa shape index (κ3) is 7.07. The fourth-order valence-corrected chi connectivity index (χ4v) is 13.5. The Morgan fingerprint density at radius 2 is 1.53 bits per heavy atom. The van der Waals surface area contributed by atoms with Crippen LogP contribution in [0, 0.1) is 44.8 Å². The van der Waals surface area contributed by atoms with E-state index in [2.05, 4.69) is 47.3 Å². The summed E-state index contributed by atoms with van der Waals surface area (Å²) < 4.78 is 29.3. The lowest BCUT2D eigenvalue weighted by Gasteiger charge is -2.71. The van der Waals surface area contributed by atoms with Crippen LogP contribution in [0.25, 0.3) is 0 Å². The molecule has 2 saturated heterocycles. The van der Waals surface area contributed by atoms with Crippen LogP contribution in [-0.4, -0.2) is 128 Å². The summed E-state index contributed by atoms with van der Waals surface area (Å²) in [7, 11) is 0. The van der Waals surface area contributed by atoms with Crippen molar-refractivity contribution in [3.05, 3.63) is 23.8 Å². The van der Waals surface area contributed by atoms with Gasteiger partial charge in [-0.2, -0.15) is 0 Å². The minimum atomic E-state index is -1.68. The van der Waals surface area contributed by atoms with Gasteiger partial charge in [-0.1, -0.05) is 71.8 Å². The number of rotatable bonds is 9. The topological polar surface area (TPSA) is 222 Å². The molecule has 0 spiro atoms. The number of aliphatic hydroxyl groups excluding tert-OH is 7. The van der Waals surface area contributed by atoms with E-state index in [0.717, 1.165) is 44.1 Å². The first-order chi connectivity index (χ1) is 27.7. The molecule has 0 aromatic rings. The van der Waals surface area contributed by atoms with Gasteiger partial charge in [0.25, 0.3) is 0 Å². The Morgan fingerprint density at radius 3 is 2.22 bits per heavy atom. The average molecular weight is 835 g/mol. The fourth-order valence-electron chi connectivity index (χ4n) is 13.5. The van der Waals surface area contributed by atoms with Gasteiger partial charge in [0, 0.05) is 5.92 Å². The molecule has 0 amide bonds. The number of esters is 2. The number of aliphatic hydroxyl groups is 7. The highest BCUT2D eigenvalue weighted by Gasteiger charge is 2.69. The number of carbonyl (C=O) groups is 2. The molecule has 7 rings (SSSR count). The number of allylic oxidation sites excluding steroid dienone is 3. The molecule has 5 aliphatic carbocycles. The second-order valence-electron chi connectivity index (χ2n) is 20.5. The van der Waals surface area contributed by atoms with E-state index in [-0.39, 0.29) is 40.8 Å². The van der Waals surface area contributed by atoms with Crippen LogP contribution in [0.2, 0.25) is 0 Å². The lowest BCUT2D eigenvalue weighted by molar-refractivity contribution is -0.324. The van der Waals surface area contributed by atoms with Gasteiger partial charge in [0.05, 0.1) is 24.7 Å². The second kappa shape index (κ2) is 16.3. The van der Waals surface area contributed by atoms with E-state index in [4.69, 9.17) is 23.7 Å². The Morgan fingerprint density at radius 1 is 0.831 bits per heavy atom. The lowest BCUT2D eigenvalue weighted by atomic mass is 9.34. The number of ether oxygens (including phenoxy) is 5. The highest BCUT2D eigenvalue weighted by atomic mass is 16.7. The van der Waals surface area contributed by atoms with Crippen molar-refractivity contribution < 1.29 is 69.0 Å². The molecule has 14 nitrogen and oxygen atoms in total. The summed E-state index contributed by atoms with van der Waals surface area (Å²) in [6, 6.07) is 0. The van der Waals surface area contributed by atoms with Crippen LogP contribution in [0.15, 0.2) is 23.8 Å².